The average molecular weight is 305 g/mol. The number of carbonyl (C=O) groups is 2. The Kier molecular flexibility index (Phi) is 3.79. The van der Waals surface area contributed by atoms with Crippen molar-refractivity contribution in [2.24, 2.45) is 0 Å². The molecule has 1 aromatic heterocycles. The van der Waals surface area contributed by atoms with Crippen LogP contribution in [0, 0.1) is 0 Å². The number of morpholine rings is 1. The molecule has 0 unspecified atom stereocenters. The molecule has 8 heteroatoms. The molecule has 2 fully saturated rings. The first-order valence-corrected chi connectivity index (χ1v) is 7.17. The minimum atomic E-state index is -0.385. The minimum absolute atomic E-state index is 0.0534. The van der Waals surface area contributed by atoms with Crippen molar-refractivity contribution in [1.29, 1.82) is 0 Å². The fourth-order valence-electron chi connectivity index (χ4n) is 2.97. The molecule has 0 saturated carbocycles. The predicted molar refractivity (Wildman–Crippen MR) is 77.1 cm³/mol. The number of likely N-dealkylation sites (N-methyl/N-ethyl adjacent to an activating group) is 2. The summed E-state index contributed by atoms with van der Waals surface area (Å²) < 4.78 is 5.89. The van der Waals surface area contributed by atoms with Gasteiger partial charge in [-0.1, -0.05) is 0 Å². The maximum atomic E-state index is 12.2. The van der Waals surface area contributed by atoms with E-state index in [0.717, 1.165) is 0 Å². The maximum absolute atomic E-state index is 12.2. The van der Waals surface area contributed by atoms with Gasteiger partial charge in [0.2, 0.25) is 11.7 Å². The highest BCUT2D eigenvalue weighted by Crippen LogP contribution is 2.31. The van der Waals surface area contributed by atoms with Crippen LogP contribution in [-0.4, -0.2) is 83.6 Å². The molecule has 0 aromatic carbocycles. The number of ether oxygens (including phenoxy) is 1. The summed E-state index contributed by atoms with van der Waals surface area (Å²) in [5, 5.41) is 2.64. The molecule has 1 atom stereocenters. The van der Waals surface area contributed by atoms with Crippen LogP contribution in [-0.2, 0) is 9.53 Å². The molecular weight excluding hydrogens is 286 g/mol. The Hall–Kier alpha value is -2.06. The topological polar surface area (TPSA) is 87.7 Å². The minimum Gasteiger partial charge on any atom is -0.368 e. The Morgan fingerprint density at radius 2 is 2.00 bits per heavy atom. The van der Waals surface area contributed by atoms with E-state index in [1.54, 1.807) is 30.4 Å². The van der Waals surface area contributed by atoms with E-state index in [4.69, 9.17) is 4.74 Å². The molecule has 0 aliphatic carbocycles. The third-order valence-corrected chi connectivity index (χ3v) is 4.17. The lowest BCUT2D eigenvalue weighted by molar-refractivity contribution is -0.187. The molecule has 2 amide bonds. The number of hydrogen-bond acceptors (Lipinski definition) is 6. The van der Waals surface area contributed by atoms with Gasteiger partial charge < -0.3 is 15.0 Å². The van der Waals surface area contributed by atoms with Crippen molar-refractivity contribution in [2.75, 3.05) is 40.3 Å². The fraction of sp³-hybridized carbons (Fsp3) is 0.571. The molecule has 1 spiro atoms. The quantitative estimate of drug-likeness (QED) is 0.734. The number of rotatable bonds is 2. The Balaban J connectivity index is 1.59. The molecule has 0 bridgehead atoms. The van der Waals surface area contributed by atoms with Crippen LogP contribution in [0.4, 0.5) is 0 Å². The van der Waals surface area contributed by atoms with Crippen molar-refractivity contribution in [3.63, 3.8) is 0 Å². The van der Waals surface area contributed by atoms with Crippen LogP contribution in [0.15, 0.2) is 18.5 Å². The number of carbonyl (C=O) groups excluding carboxylic acids is 2. The Bertz CT molecular complexity index is 573. The van der Waals surface area contributed by atoms with E-state index in [1.165, 1.54) is 0 Å². The summed E-state index contributed by atoms with van der Waals surface area (Å²) >= 11 is 0. The summed E-state index contributed by atoms with van der Waals surface area (Å²) in [4.78, 5) is 35.5. The Morgan fingerprint density at radius 3 is 2.59 bits per heavy atom. The molecule has 3 heterocycles. The van der Waals surface area contributed by atoms with Gasteiger partial charge in [-0.3, -0.25) is 14.5 Å². The molecule has 1 aromatic rings. The van der Waals surface area contributed by atoms with Crippen LogP contribution in [0.3, 0.4) is 0 Å². The monoisotopic (exact) mass is 305 g/mol. The van der Waals surface area contributed by atoms with Crippen LogP contribution in [0.2, 0.25) is 0 Å². The van der Waals surface area contributed by atoms with Crippen molar-refractivity contribution in [3.05, 3.63) is 24.3 Å². The van der Waals surface area contributed by atoms with Gasteiger partial charge in [0, 0.05) is 26.0 Å². The van der Waals surface area contributed by atoms with Gasteiger partial charge in [0.25, 0.3) is 5.91 Å². The molecule has 2 aliphatic heterocycles. The summed E-state index contributed by atoms with van der Waals surface area (Å²) in [5.41, 5.74) is -0.385. The lowest BCUT2D eigenvalue weighted by Crippen LogP contribution is -2.73. The van der Waals surface area contributed by atoms with Gasteiger partial charge in [0.05, 0.1) is 19.7 Å². The van der Waals surface area contributed by atoms with Gasteiger partial charge in [-0.15, -0.1) is 0 Å². The van der Waals surface area contributed by atoms with Crippen molar-refractivity contribution >= 4 is 11.8 Å². The molecule has 3 rings (SSSR count). The van der Waals surface area contributed by atoms with Crippen molar-refractivity contribution in [3.8, 4) is 0 Å². The van der Waals surface area contributed by atoms with E-state index in [2.05, 4.69) is 15.3 Å². The zero-order valence-electron chi connectivity index (χ0n) is 12.7. The van der Waals surface area contributed by atoms with Crippen LogP contribution in [0.5, 0.6) is 0 Å². The zero-order chi connectivity index (χ0) is 15.7. The standard InChI is InChI=1S/C14H19N5O3/c1-15-12(20)10-6-22-14(7-18(10)2)8-19(9-14)13(21)11-16-4-3-5-17-11/h3-5,10H,6-9H2,1-2H3,(H,15,20)/t10-/m1/s1. The summed E-state index contributed by atoms with van der Waals surface area (Å²) in [7, 11) is 3.51. The predicted octanol–water partition coefficient (Wildman–Crippen LogP) is -1.25. The highest BCUT2D eigenvalue weighted by Gasteiger charge is 2.51. The highest BCUT2D eigenvalue weighted by atomic mass is 16.5. The first-order valence-electron chi connectivity index (χ1n) is 7.17. The van der Waals surface area contributed by atoms with Crippen LogP contribution in [0.1, 0.15) is 10.6 Å². The van der Waals surface area contributed by atoms with Crippen molar-refractivity contribution in [2.45, 2.75) is 11.6 Å². The summed E-state index contributed by atoms with van der Waals surface area (Å²) in [5.74, 6) is -0.0436. The summed E-state index contributed by atoms with van der Waals surface area (Å²) in [6.07, 6.45) is 3.10. The van der Waals surface area contributed by atoms with Gasteiger partial charge in [0.15, 0.2) is 0 Å². The molecule has 1 N–H and O–H groups in total. The average Bonchev–Trinajstić information content (AvgIpc) is 2.52. The molecule has 118 valence electrons. The second-order valence-corrected chi connectivity index (χ2v) is 5.77. The highest BCUT2D eigenvalue weighted by molar-refractivity contribution is 5.91. The molecule has 0 radical (unpaired) electrons. The second kappa shape index (κ2) is 5.62. The van der Waals surface area contributed by atoms with Crippen LogP contribution >= 0.6 is 0 Å². The third-order valence-electron chi connectivity index (χ3n) is 4.17. The Labute approximate surface area is 128 Å². The smallest absolute Gasteiger partial charge is 0.291 e. The number of nitrogens with zero attached hydrogens (tertiary/aromatic N) is 4. The van der Waals surface area contributed by atoms with Gasteiger partial charge in [-0.2, -0.15) is 0 Å². The molecule has 2 aliphatic rings. The van der Waals surface area contributed by atoms with E-state index < -0.39 is 0 Å². The van der Waals surface area contributed by atoms with Crippen molar-refractivity contribution in [1.82, 2.24) is 25.1 Å². The molecule has 22 heavy (non-hydrogen) atoms. The van der Waals surface area contributed by atoms with Gasteiger partial charge in [0.1, 0.15) is 11.6 Å². The largest absolute Gasteiger partial charge is 0.368 e. The normalized spacial score (nSPS) is 23.9. The lowest BCUT2D eigenvalue weighted by atomic mass is 9.90. The number of nitrogens with one attached hydrogen (secondary N) is 1. The Morgan fingerprint density at radius 1 is 1.32 bits per heavy atom. The van der Waals surface area contributed by atoms with E-state index in [0.29, 0.717) is 26.2 Å². The number of aromatic nitrogens is 2. The number of likely N-dealkylation sites (tertiary alicyclic amines) is 1. The number of hydrogen-bond donors (Lipinski definition) is 1. The van der Waals surface area contributed by atoms with Crippen LogP contribution in [0.25, 0.3) is 0 Å². The van der Waals surface area contributed by atoms with E-state index in [-0.39, 0.29) is 29.3 Å². The fourth-order valence-corrected chi connectivity index (χ4v) is 2.97. The van der Waals surface area contributed by atoms with E-state index in [9.17, 15) is 9.59 Å². The zero-order valence-corrected chi connectivity index (χ0v) is 12.7. The second-order valence-electron chi connectivity index (χ2n) is 5.77. The summed E-state index contributed by atoms with van der Waals surface area (Å²) in [6, 6.07) is 1.39. The van der Waals surface area contributed by atoms with Gasteiger partial charge >= 0.3 is 0 Å². The number of amides is 2. The SMILES string of the molecule is CNC(=O)[C@H]1COC2(CN(C(=O)c3ncccn3)C2)CN1C. The van der Waals surface area contributed by atoms with Crippen LogP contribution < -0.4 is 5.32 Å². The van der Waals surface area contributed by atoms with E-state index >= 15 is 0 Å². The lowest BCUT2D eigenvalue weighted by Gasteiger charge is -2.54. The first-order chi connectivity index (χ1) is 10.5. The summed E-state index contributed by atoms with van der Waals surface area (Å²) in [6.45, 7) is 1.94. The van der Waals surface area contributed by atoms with Gasteiger partial charge in [-0.05, 0) is 13.1 Å². The molecular formula is C14H19N5O3. The first kappa shape index (κ1) is 14.9. The van der Waals surface area contributed by atoms with E-state index in [1.807, 2.05) is 11.9 Å². The maximum Gasteiger partial charge on any atom is 0.291 e. The van der Waals surface area contributed by atoms with Crippen molar-refractivity contribution < 1.29 is 14.3 Å². The molecule has 2 saturated heterocycles. The third kappa shape index (κ3) is 2.55. The molecule has 8 nitrogen and oxygen atoms in total. The van der Waals surface area contributed by atoms with Gasteiger partial charge in [-0.25, -0.2) is 9.97 Å².